The molecule has 0 heterocycles. The first-order valence-corrected chi connectivity index (χ1v) is 7.73. The Labute approximate surface area is 130 Å². The van der Waals surface area contributed by atoms with Crippen LogP contribution in [-0.2, 0) is 14.3 Å². The van der Waals surface area contributed by atoms with Crippen LogP contribution in [0.4, 0.5) is 4.39 Å². The fraction of sp³-hybridized carbons (Fsp3) is 0.588. The molecule has 4 nitrogen and oxygen atoms in total. The maximum atomic E-state index is 13.2. The smallest absolute Gasteiger partial charge is 0.223 e. The Bertz CT molecular complexity index is 538. The van der Waals surface area contributed by atoms with Gasteiger partial charge in [0, 0.05) is 26.2 Å². The van der Waals surface area contributed by atoms with Crippen molar-refractivity contribution in [2.45, 2.75) is 43.4 Å². The van der Waals surface area contributed by atoms with E-state index in [1.807, 2.05) is 6.07 Å². The van der Waals surface area contributed by atoms with Crippen molar-refractivity contribution >= 4 is 5.91 Å². The third-order valence-corrected chi connectivity index (χ3v) is 4.80. The van der Waals surface area contributed by atoms with E-state index >= 15 is 0 Å². The van der Waals surface area contributed by atoms with Crippen molar-refractivity contribution < 1.29 is 18.7 Å². The molecule has 0 radical (unpaired) electrons. The van der Waals surface area contributed by atoms with E-state index in [4.69, 9.17) is 9.47 Å². The fourth-order valence-electron chi connectivity index (χ4n) is 3.47. The number of amides is 1. The molecule has 1 aromatic carbocycles. The van der Waals surface area contributed by atoms with Gasteiger partial charge in [0.05, 0.1) is 12.2 Å². The summed E-state index contributed by atoms with van der Waals surface area (Å²) in [5, 5.41) is 3.09. The largest absolute Gasteiger partial charge is 0.379 e. The van der Waals surface area contributed by atoms with Gasteiger partial charge in [-0.2, -0.15) is 0 Å². The van der Waals surface area contributed by atoms with E-state index in [-0.39, 0.29) is 41.8 Å². The Morgan fingerprint density at radius 3 is 2.45 bits per heavy atom. The minimum Gasteiger partial charge on any atom is -0.379 e. The summed E-state index contributed by atoms with van der Waals surface area (Å²) in [4.78, 5) is 12.3. The number of benzene rings is 1. The molecule has 2 fully saturated rings. The van der Waals surface area contributed by atoms with Crippen molar-refractivity contribution in [1.82, 2.24) is 5.32 Å². The van der Waals surface area contributed by atoms with Crippen molar-refractivity contribution in [3.63, 3.8) is 0 Å². The van der Waals surface area contributed by atoms with Crippen LogP contribution in [0.5, 0.6) is 0 Å². The van der Waals surface area contributed by atoms with Gasteiger partial charge >= 0.3 is 0 Å². The van der Waals surface area contributed by atoms with E-state index in [2.05, 4.69) is 5.32 Å². The standard InChI is InChI=1S/C17H22FNO3/c1-21-15-7-12(8-16(15)22-2)19-17(20)14-9-13(14)10-4-3-5-11(18)6-10/h3-6,12-16H,7-9H2,1-2H3,(H,19,20)/t13-,14+,15+,16+/m0/s1. The van der Waals surface area contributed by atoms with Gasteiger partial charge < -0.3 is 14.8 Å². The molecule has 2 aliphatic carbocycles. The summed E-state index contributed by atoms with van der Waals surface area (Å²) in [5.74, 6) is -0.0750. The van der Waals surface area contributed by atoms with Gasteiger partial charge in [0.15, 0.2) is 0 Å². The molecule has 0 spiro atoms. The highest BCUT2D eigenvalue weighted by atomic mass is 19.1. The number of halogens is 1. The Kier molecular flexibility index (Phi) is 4.45. The molecule has 2 aliphatic rings. The third kappa shape index (κ3) is 3.15. The fourth-order valence-corrected chi connectivity index (χ4v) is 3.47. The number of hydrogen-bond acceptors (Lipinski definition) is 3. The first-order chi connectivity index (χ1) is 10.6. The number of ether oxygens (including phenoxy) is 2. The van der Waals surface area contributed by atoms with Gasteiger partial charge in [-0.05, 0) is 42.9 Å². The zero-order valence-corrected chi connectivity index (χ0v) is 12.9. The van der Waals surface area contributed by atoms with Crippen LogP contribution in [0.3, 0.4) is 0 Å². The highest BCUT2D eigenvalue weighted by Gasteiger charge is 2.45. The molecular formula is C17H22FNO3. The molecular weight excluding hydrogens is 285 g/mol. The topological polar surface area (TPSA) is 47.6 Å². The Morgan fingerprint density at radius 2 is 1.86 bits per heavy atom. The van der Waals surface area contributed by atoms with E-state index in [0.29, 0.717) is 0 Å². The van der Waals surface area contributed by atoms with Gasteiger partial charge in [0.1, 0.15) is 5.82 Å². The average molecular weight is 307 g/mol. The van der Waals surface area contributed by atoms with Gasteiger partial charge in [-0.3, -0.25) is 4.79 Å². The maximum Gasteiger partial charge on any atom is 0.223 e. The molecule has 1 N–H and O–H groups in total. The molecule has 0 bridgehead atoms. The zero-order valence-electron chi connectivity index (χ0n) is 12.9. The van der Waals surface area contributed by atoms with Crippen LogP contribution in [0.2, 0.25) is 0 Å². The van der Waals surface area contributed by atoms with Crippen LogP contribution >= 0.6 is 0 Å². The van der Waals surface area contributed by atoms with Crippen LogP contribution in [0.25, 0.3) is 0 Å². The third-order valence-electron chi connectivity index (χ3n) is 4.80. The Balaban J connectivity index is 1.54. The average Bonchev–Trinajstić information content (AvgIpc) is 3.22. The van der Waals surface area contributed by atoms with Crippen LogP contribution in [0.1, 0.15) is 30.7 Å². The highest BCUT2D eigenvalue weighted by molar-refractivity contribution is 5.83. The summed E-state index contributed by atoms with van der Waals surface area (Å²) in [5.41, 5.74) is 0.913. The minimum absolute atomic E-state index is 0.0357. The predicted molar refractivity (Wildman–Crippen MR) is 80.0 cm³/mol. The van der Waals surface area contributed by atoms with Gasteiger partial charge in [-0.15, -0.1) is 0 Å². The van der Waals surface area contributed by atoms with Crippen LogP contribution < -0.4 is 5.32 Å². The predicted octanol–water partition coefficient (Wildman–Crippen LogP) is 2.24. The molecule has 120 valence electrons. The van der Waals surface area contributed by atoms with E-state index in [0.717, 1.165) is 24.8 Å². The Morgan fingerprint density at radius 1 is 1.18 bits per heavy atom. The summed E-state index contributed by atoms with van der Waals surface area (Å²) in [6, 6.07) is 6.63. The van der Waals surface area contributed by atoms with Crippen LogP contribution in [-0.4, -0.2) is 38.4 Å². The van der Waals surface area contributed by atoms with Crippen molar-refractivity contribution in [3.8, 4) is 0 Å². The van der Waals surface area contributed by atoms with Crippen LogP contribution in [0, 0.1) is 11.7 Å². The van der Waals surface area contributed by atoms with Gasteiger partial charge in [-0.1, -0.05) is 12.1 Å². The van der Waals surface area contributed by atoms with Gasteiger partial charge in [0.25, 0.3) is 0 Å². The second-order valence-electron chi connectivity index (χ2n) is 6.23. The number of carbonyl (C=O) groups excluding carboxylic acids is 1. The maximum absolute atomic E-state index is 13.2. The Hall–Kier alpha value is -1.46. The summed E-state index contributed by atoms with van der Waals surface area (Å²) in [6.45, 7) is 0. The lowest BCUT2D eigenvalue weighted by Gasteiger charge is -2.14. The monoisotopic (exact) mass is 307 g/mol. The molecule has 22 heavy (non-hydrogen) atoms. The van der Waals surface area contributed by atoms with Crippen molar-refractivity contribution in [3.05, 3.63) is 35.6 Å². The molecule has 0 aromatic heterocycles. The molecule has 0 saturated heterocycles. The van der Waals surface area contributed by atoms with Gasteiger partial charge in [-0.25, -0.2) is 4.39 Å². The summed E-state index contributed by atoms with van der Waals surface area (Å²) in [7, 11) is 3.34. The van der Waals surface area contributed by atoms with Crippen molar-refractivity contribution in [2.24, 2.45) is 5.92 Å². The second kappa shape index (κ2) is 6.34. The SMILES string of the molecule is CO[C@@H]1CC(NC(=O)[C@@H]2C[C@H]2c2cccc(F)c2)C[C@H]1OC. The minimum atomic E-state index is -0.245. The molecule has 2 saturated carbocycles. The summed E-state index contributed by atoms with van der Waals surface area (Å²) >= 11 is 0. The highest BCUT2D eigenvalue weighted by Crippen LogP contribution is 2.47. The molecule has 3 rings (SSSR count). The van der Waals surface area contributed by atoms with E-state index in [1.165, 1.54) is 12.1 Å². The number of hydrogen-bond donors (Lipinski definition) is 1. The summed E-state index contributed by atoms with van der Waals surface area (Å²) in [6.07, 6.45) is 2.42. The number of rotatable bonds is 5. The number of nitrogens with one attached hydrogen (secondary N) is 1. The molecule has 5 heteroatoms. The lowest BCUT2D eigenvalue weighted by molar-refractivity contribution is -0.123. The van der Waals surface area contributed by atoms with E-state index in [9.17, 15) is 9.18 Å². The molecule has 1 aromatic rings. The molecule has 0 aliphatic heterocycles. The zero-order chi connectivity index (χ0) is 15.7. The van der Waals surface area contributed by atoms with Crippen molar-refractivity contribution in [2.75, 3.05) is 14.2 Å². The van der Waals surface area contributed by atoms with Crippen molar-refractivity contribution in [1.29, 1.82) is 0 Å². The molecule has 0 unspecified atom stereocenters. The van der Waals surface area contributed by atoms with E-state index in [1.54, 1.807) is 20.3 Å². The first-order valence-electron chi connectivity index (χ1n) is 7.73. The lowest BCUT2D eigenvalue weighted by Crippen LogP contribution is -2.35. The number of carbonyl (C=O) groups is 1. The van der Waals surface area contributed by atoms with E-state index < -0.39 is 0 Å². The lowest BCUT2D eigenvalue weighted by atomic mass is 10.1. The quantitative estimate of drug-likeness (QED) is 0.907. The molecule has 1 amide bonds. The molecule has 4 atom stereocenters. The van der Waals surface area contributed by atoms with Crippen LogP contribution in [0.15, 0.2) is 24.3 Å². The second-order valence-corrected chi connectivity index (χ2v) is 6.23. The van der Waals surface area contributed by atoms with Gasteiger partial charge in [0.2, 0.25) is 5.91 Å². The number of methoxy groups -OCH3 is 2. The summed E-state index contributed by atoms with van der Waals surface area (Å²) < 4.78 is 24.0. The first kappa shape index (κ1) is 15.4. The normalized spacial score (nSPS) is 31.2.